The van der Waals surface area contributed by atoms with E-state index in [0.29, 0.717) is 19.6 Å². The average molecular weight is 217 g/mol. The molecule has 1 heterocycles. The van der Waals surface area contributed by atoms with Crippen LogP contribution < -0.4 is 5.48 Å². The van der Waals surface area contributed by atoms with Gasteiger partial charge in [0, 0.05) is 20.1 Å². The fraction of sp³-hybridized carbons (Fsp3) is 0.900. The lowest BCUT2D eigenvalue weighted by Crippen LogP contribution is -2.26. The molecule has 15 heavy (non-hydrogen) atoms. The predicted molar refractivity (Wildman–Crippen MR) is 54.2 cm³/mol. The van der Waals surface area contributed by atoms with Crippen LogP contribution in [0.3, 0.4) is 0 Å². The topological polar surface area (TPSA) is 56.8 Å². The fourth-order valence-electron chi connectivity index (χ4n) is 1.47. The third kappa shape index (κ3) is 5.71. The van der Waals surface area contributed by atoms with Gasteiger partial charge in [-0.15, -0.1) is 0 Å². The first-order valence-corrected chi connectivity index (χ1v) is 5.34. The van der Waals surface area contributed by atoms with E-state index in [4.69, 9.17) is 14.3 Å². The molecule has 1 aliphatic heterocycles. The Kier molecular flexibility index (Phi) is 6.31. The molecule has 5 nitrogen and oxygen atoms in total. The van der Waals surface area contributed by atoms with E-state index in [1.54, 1.807) is 7.11 Å². The van der Waals surface area contributed by atoms with E-state index < -0.39 is 0 Å². The summed E-state index contributed by atoms with van der Waals surface area (Å²) in [6, 6.07) is 0. The minimum absolute atomic E-state index is 0.0957. The van der Waals surface area contributed by atoms with Crippen LogP contribution in [0.1, 0.15) is 25.7 Å². The molecule has 88 valence electrons. The lowest BCUT2D eigenvalue weighted by atomic mass is 10.1. The monoisotopic (exact) mass is 217 g/mol. The summed E-state index contributed by atoms with van der Waals surface area (Å²) in [7, 11) is 1.59. The van der Waals surface area contributed by atoms with Crippen molar-refractivity contribution >= 4 is 5.91 Å². The maximum Gasteiger partial charge on any atom is 0.243 e. The van der Waals surface area contributed by atoms with Gasteiger partial charge in [-0.1, -0.05) is 0 Å². The molecule has 0 aliphatic carbocycles. The van der Waals surface area contributed by atoms with E-state index in [2.05, 4.69) is 5.48 Å². The number of methoxy groups -OCH3 is 1. The van der Waals surface area contributed by atoms with Crippen molar-refractivity contribution in [2.24, 2.45) is 0 Å². The lowest BCUT2D eigenvalue weighted by molar-refractivity contribution is -0.135. The highest BCUT2D eigenvalue weighted by Crippen LogP contribution is 2.16. The van der Waals surface area contributed by atoms with Gasteiger partial charge in [-0.2, -0.15) is 0 Å². The molecule has 0 saturated carbocycles. The molecule has 0 radical (unpaired) electrons. The number of carbonyl (C=O) groups is 1. The molecule has 0 aromatic heterocycles. The quantitative estimate of drug-likeness (QED) is 0.502. The van der Waals surface area contributed by atoms with E-state index in [1.165, 1.54) is 0 Å². The first kappa shape index (κ1) is 12.4. The highest BCUT2D eigenvalue weighted by molar-refractivity contribution is 5.74. The van der Waals surface area contributed by atoms with Gasteiger partial charge in [0.05, 0.1) is 19.3 Å². The van der Waals surface area contributed by atoms with Crippen LogP contribution in [0, 0.1) is 0 Å². The van der Waals surface area contributed by atoms with Gasteiger partial charge in [0.1, 0.15) is 0 Å². The summed E-state index contributed by atoms with van der Waals surface area (Å²) in [6.45, 7) is 1.69. The zero-order chi connectivity index (χ0) is 10.9. The Balaban J connectivity index is 1.93. The largest absolute Gasteiger partial charge is 0.382 e. The van der Waals surface area contributed by atoms with Gasteiger partial charge in [-0.3, -0.25) is 9.63 Å². The van der Waals surface area contributed by atoms with Crippen LogP contribution in [0.4, 0.5) is 0 Å². The van der Waals surface area contributed by atoms with Gasteiger partial charge in [0.15, 0.2) is 0 Å². The minimum atomic E-state index is -0.0957. The van der Waals surface area contributed by atoms with Crippen molar-refractivity contribution in [1.82, 2.24) is 5.48 Å². The van der Waals surface area contributed by atoms with Gasteiger partial charge < -0.3 is 9.47 Å². The van der Waals surface area contributed by atoms with Gasteiger partial charge in [-0.05, 0) is 19.3 Å². The smallest absolute Gasteiger partial charge is 0.243 e. The van der Waals surface area contributed by atoms with Crippen molar-refractivity contribution in [1.29, 1.82) is 0 Å². The summed E-state index contributed by atoms with van der Waals surface area (Å²) in [5.41, 5.74) is 2.37. The molecule has 5 heteroatoms. The second-order valence-corrected chi connectivity index (χ2v) is 3.54. The summed E-state index contributed by atoms with van der Waals surface area (Å²) in [6.07, 6.45) is 3.67. The number of hydrogen-bond donors (Lipinski definition) is 1. The number of hydroxylamine groups is 1. The van der Waals surface area contributed by atoms with Crippen molar-refractivity contribution in [3.8, 4) is 0 Å². The molecule has 0 aromatic carbocycles. The van der Waals surface area contributed by atoms with E-state index in [0.717, 1.165) is 25.9 Å². The van der Waals surface area contributed by atoms with Gasteiger partial charge >= 0.3 is 0 Å². The molecular weight excluding hydrogens is 198 g/mol. The Morgan fingerprint density at radius 1 is 1.53 bits per heavy atom. The number of carbonyl (C=O) groups excluding carboxylic acids is 1. The summed E-state index contributed by atoms with van der Waals surface area (Å²) in [5, 5.41) is 0. The number of nitrogens with one attached hydrogen (secondary N) is 1. The van der Waals surface area contributed by atoms with Crippen molar-refractivity contribution in [3.63, 3.8) is 0 Å². The molecule has 1 atom stereocenters. The van der Waals surface area contributed by atoms with Crippen LogP contribution in [0.25, 0.3) is 0 Å². The van der Waals surface area contributed by atoms with Crippen molar-refractivity contribution in [2.75, 3.05) is 26.9 Å². The van der Waals surface area contributed by atoms with E-state index in [-0.39, 0.29) is 12.0 Å². The summed E-state index contributed by atoms with van der Waals surface area (Å²) < 4.78 is 10.2. The SMILES string of the molecule is COCCONC(=O)CCC1CCCO1. The number of rotatable bonds is 7. The van der Waals surface area contributed by atoms with Gasteiger partial charge in [-0.25, -0.2) is 5.48 Å². The number of hydrogen-bond acceptors (Lipinski definition) is 4. The Bertz CT molecular complexity index is 180. The molecule has 1 aliphatic rings. The van der Waals surface area contributed by atoms with Crippen LogP contribution in [-0.4, -0.2) is 38.9 Å². The Morgan fingerprint density at radius 3 is 3.07 bits per heavy atom. The van der Waals surface area contributed by atoms with Gasteiger partial charge in [0.2, 0.25) is 5.91 Å². The molecule has 0 spiro atoms. The number of amides is 1. The molecule has 1 amide bonds. The van der Waals surface area contributed by atoms with E-state index >= 15 is 0 Å². The molecule has 1 saturated heterocycles. The first-order chi connectivity index (χ1) is 7.33. The van der Waals surface area contributed by atoms with Crippen molar-refractivity contribution in [3.05, 3.63) is 0 Å². The second-order valence-electron chi connectivity index (χ2n) is 3.54. The maximum absolute atomic E-state index is 11.2. The van der Waals surface area contributed by atoms with Crippen LogP contribution in [0.5, 0.6) is 0 Å². The molecule has 1 N–H and O–H groups in total. The second kappa shape index (κ2) is 7.62. The lowest BCUT2D eigenvalue weighted by Gasteiger charge is -2.09. The Morgan fingerprint density at radius 2 is 2.40 bits per heavy atom. The van der Waals surface area contributed by atoms with Crippen LogP contribution >= 0.6 is 0 Å². The standard InChI is InChI=1S/C10H19NO4/c1-13-7-8-15-11-10(12)5-4-9-3-2-6-14-9/h9H,2-8H2,1H3,(H,11,12). The van der Waals surface area contributed by atoms with Crippen LogP contribution in [0.2, 0.25) is 0 Å². The zero-order valence-corrected chi connectivity index (χ0v) is 9.16. The summed E-state index contributed by atoms with van der Waals surface area (Å²) >= 11 is 0. The number of ether oxygens (including phenoxy) is 2. The van der Waals surface area contributed by atoms with E-state index in [9.17, 15) is 4.79 Å². The predicted octanol–water partition coefficient (Wildman–Crippen LogP) is 0.640. The normalized spacial score (nSPS) is 20.5. The first-order valence-electron chi connectivity index (χ1n) is 5.34. The Labute approximate surface area is 90.0 Å². The van der Waals surface area contributed by atoms with Crippen molar-refractivity contribution < 1.29 is 19.1 Å². The molecule has 0 bridgehead atoms. The van der Waals surface area contributed by atoms with Crippen molar-refractivity contribution in [2.45, 2.75) is 31.8 Å². The molecule has 1 unspecified atom stereocenters. The summed E-state index contributed by atoms with van der Waals surface area (Å²) in [5.74, 6) is -0.0957. The third-order valence-corrected chi connectivity index (χ3v) is 2.29. The van der Waals surface area contributed by atoms with Crippen LogP contribution in [-0.2, 0) is 19.1 Å². The third-order valence-electron chi connectivity index (χ3n) is 2.29. The van der Waals surface area contributed by atoms with Crippen LogP contribution in [0.15, 0.2) is 0 Å². The minimum Gasteiger partial charge on any atom is -0.382 e. The molecule has 1 fully saturated rings. The van der Waals surface area contributed by atoms with E-state index in [1.807, 2.05) is 0 Å². The Hall–Kier alpha value is -0.650. The zero-order valence-electron chi connectivity index (χ0n) is 9.16. The average Bonchev–Trinajstić information content (AvgIpc) is 2.74. The molecule has 1 rings (SSSR count). The molecule has 0 aromatic rings. The fourth-order valence-corrected chi connectivity index (χ4v) is 1.47. The van der Waals surface area contributed by atoms with Gasteiger partial charge in [0.25, 0.3) is 0 Å². The highest BCUT2D eigenvalue weighted by Gasteiger charge is 2.16. The maximum atomic E-state index is 11.2. The highest BCUT2D eigenvalue weighted by atomic mass is 16.7. The summed E-state index contributed by atoms with van der Waals surface area (Å²) in [4.78, 5) is 16.1. The molecular formula is C10H19NO4.